The van der Waals surface area contributed by atoms with E-state index in [1.165, 1.54) is 10.5 Å². The van der Waals surface area contributed by atoms with Crippen LogP contribution in [0.15, 0.2) is 60.7 Å². The molecular weight excluding hydrogens is 761 g/mol. The second-order valence-corrected chi connectivity index (χ2v) is 17.1. The second kappa shape index (κ2) is 20.3. The SMILES string of the molecule is CCn1c(-c2ccccc2CCOC)c2c3cc(ccc31)-c1cc(O)cc(c1)C[C@H](NC(=O)[C@H](C(C)C)N(C)C(=O)CCN)C(=O)N(N)CCCCC(=O)OCC(C)(C)C2. The topological polar surface area (TPSA) is 182 Å². The molecule has 4 aromatic rings. The van der Waals surface area contributed by atoms with E-state index < -0.39 is 29.3 Å². The summed E-state index contributed by atoms with van der Waals surface area (Å²) in [4.78, 5) is 55.4. The first-order valence-corrected chi connectivity index (χ1v) is 21.1. The number of hydrogen-bond acceptors (Lipinski definition) is 9. The van der Waals surface area contributed by atoms with Crippen LogP contribution in [0.5, 0.6) is 5.75 Å². The van der Waals surface area contributed by atoms with E-state index in [1.807, 2.05) is 32.0 Å². The average molecular weight is 825 g/mol. The number of benzene rings is 3. The van der Waals surface area contributed by atoms with Gasteiger partial charge >= 0.3 is 5.97 Å². The number of rotatable bonds is 11. The van der Waals surface area contributed by atoms with E-state index >= 15 is 0 Å². The number of aromatic hydroxyl groups is 1. The molecular formula is C47H64N6O7. The number of hydrogen-bond donors (Lipinski definition) is 4. The summed E-state index contributed by atoms with van der Waals surface area (Å²) in [5.74, 6) is 4.40. The van der Waals surface area contributed by atoms with E-state index in [1.54, 1.807) is 26.3 Å². The van der Waals surface area contributed by atoms with Gasteiger partial charge in [-0.15, -0.1) is 0 Å². The van der Waals surface area contributed by atoms with Gasteiger partial charge in [0, 0.05) is 74.9 Å². The largest absolute Gasteiger partial charge is 0.508 e. The van der Waals surface area contributed by atoms with E-state index in [0.717, 1.165) is 50.3 Å². The fourth-order valence-corrected chi connectivity index (χ4v) is 8.37. The van der Waals surface area contributed by atoms with Crippen molar-refractivity contribution in [3.8, 4) is 28.1 Å². The van der Waals surface area contributed by atoms with Crippen molar-refractivity contribution in [2.75, 3.05) is 40.5 Å². The summed E-state index contributed by atoms with van der Waals surface area (Å²) in [6.07, 6.45) is 2.44. The molecule has 60 heavy (non-hydrogen) atoms. The molecule has 5 rings (SSSR count). The van der Waals surface area contributed by atoms with Gasteiger partial charge in [0.15, 0.2) is 0 Å². The Kier molecular flexibility index (Phi) is 15.5. The van der Waals surface area contributed by atoms with E-state index in [4.69, 9.17) is 21.1 Å². The number of phenolic OH excluding ortho intramolecular Hbond substituents is 1. The molecule has 0 saturated carbocycles. The lowest BCUT2D eigenvalue weighted by atomic mass is 9.83. The summed E-state index contributed by atoms with van der Waals surface area (Å²) >= 11 is 0. The first-order valence-electron chi connectivity index (χ1n) is 21.1. The summed E-state index contributed by atoms with van der Waals surface area (Å²) in [5.41, 5.74) is 13.0. The van der Waals surface area contributed by atoms with Crippen LogP contribution >= 0.6 is 0 Å². The van der Waals surface area contributed by atoms with Crippen molar-refractivity contribution in [2.45, 2.75) is 98.2 Å². The fraction of sp³-hybridized carbons (Fsp3) is 0.489. The van der Waals surface area contributed by atoms with Crippen LogP contribution in [0.25, 0.3) is 33.3 Å². The van der Waals surface area contributed by atoms with Gasteiger partial charge in [-0.2, -0.15) is 0 Å². The van der Waals surface area contributed by atoms with Crippen molar-refractivity contribution in [1.29, 1.82) is 0 Å². The minimum Gasteiger partial charge on any atom is -0.508 e. The van der Waals surface area contributed by atoms with E-state index in [-0.39, 0.29) is 62.5 Å². The van der Waals surface area contributed by atoms with Crippen LogP contribution in [0.2, 0.25) is 0 Å². The van der Waals surface area contributed by atoms with Crippen molar-refractivity contribution >= 4 is 34.6 Å². The lowest BCUT2D eigenvalue weighted by Gasteiger charge is -2.32. The highest BCUT2D eigenvalue weighted by molar-refractivity contribution is 5.96. The van der Waals surface area contributed by atoms with Gasteiger partial charge in [-0.25, -0.2) is 5.84 Å². The van der Waals surface area contributed by atoms with Crippen LogP contribution in [0, 0.1) is 11.3 Å². The minimum atomic E-state index is -1.14. The predicted molar refractivity (Wildman–Crippen MR) is 235 cm³/mol. The highest BCUT2D eigenvalue weighted by Gasteiger charge is 2.34. The molecule has 13 nitrogen and oxygen atoms in total. The van der Waals surface area contributed by atoms with Crippen molar-refractivity contribution in [1.82, 2.24) is 19.8 Å². The molecule has 1 aliphatic heterocycles. The summed E-state index contributed by atoms with van der Waals surface area (Å²) in [7, 11) is 3.26. The number of ether oxygens (including phenoxy) is 2. The number of nitrogens with one attached hydrogen (secondary N) is 1. The van der Waals surface area contributed by atoms with Gasteiger partial charge in [-0.05, 0) is 90.6 Å². The summed E-state index contributed by atoms with van der Waals surface area (Å²) in [6, 6.07) is 17.9. The number of amides is 3. The number of aryl methyl sites for hydroxylation is 1. The van der Waals surface area contributed by atoms with Crippen molar-refractivity contribution < 1.29 is 33.8 Å². The first-order chi connectivity index (χ1) is 28.6. The van der Waals surface area contributed by atoms with Crippen molar-refractivity contribution in [2.24, 2.45) is 22.9 Å². The number of esters is 1. The monoisotopic (exact) mass is 824 g/mol. The maximum Gasteiger partial charge on any atom is 0.305 e. The Morgan fingerprint density at radius 3 is 2.52 bits per heavy atom. The Hall–Kier alpha value is -5.24. The molecule has 324 valence electrons. The molecule has 0 unspecified atom stereocenters. The third-order valence-electron chi connectivity index (χ3n) is 11.4. The summed E-state index contributed by atoms with van der Waals surface area (Å²) < 4.78 is 13.7. The molecule has 3 amide bonds. The number of hydrazine groups is 1. The van der Waals surface area contributed by atoms with Gasteiger partial charge in [0.05, 0.1) is 18.9 Å². The Labute approximate surface area is 354 Å². The Bertz CT molecular complexity index is 2160. The van der Waals surface area contributed by atoms with Crippen molar-refractivity contribution in [3.63, 3.8) is 0 Å². The number of phenols is 1. The first kappa shape index (κ1) is 45.8. The molecule has 0 spiro atoms. The van der Waals surface area contributed by atoms with Crippen LogP contribution in [0.3, 0.4) is 0 Å². The van der Waals surface area contributed by atoms with E-state index in [0.29, 0.717) is 38.0 Å². The summed E-state index contributed by atoms with van der Waals surface area (Å²) in [5, 5.41) is 16.2. The van der Waals surface area contributed by atoms with Gasteiger partial charge in [-0.3, -0.25) is 24.2 Å². The number of fused-ring (bicyclic) bond motifs is 4. The molecule has 4 bridgehead atoms. The molecule has 13 heteroatoms. The Morgan fingerprint density at radius 2 is 1.82 bits per heavy atom. The van der Waals surface area contributed by atoms with Gasteiger partial charge < -0.3 is 35.1 Å². The molecule has 0 aliphatic carbocycles. The number of aromatic nitrogens is 1. The van der Waals surface area contributed by atoms with Gasteiger partial charge in [-0.1, -0.05) is 64.1 Å². The normalized spacial score (nSPS) is 17.1. The predicted octanol–water partition coefficient (Wildman–Crippen LogP) is 5.75. The van der Waals surface area contributed by atoms with Gasteiger partial charge in [0.2, 0.25) is 11.8 Å². The molecule has 1 aliphatic rings. The third-order valence-corrected chi connectivity index (χ3v) is 11.4. The lowest BCUT2D eigenvalue weighted by molar-refractivity contribution is -0.146. The molecule has 0 radical (unpaired) electrons. The Balaban J connectivity index is 1.66. The number of carbonyl (C=O) groups is 4. The molecule has 6 N–H and O–H groups in total. The number of methoxy groups -OCH3 is 1. The highest BCUT2D eigenvalue weighted by Crippen LogP contribution is 2.41. The molecule has 2 heterocycles. The smallest absolute Gasteiger partial charge is 0.305 e. The Morgan fingerprint density at radius 1 is 1.07 bits per heavy atom. The maximum atomic E-state index is 14.1. The number of likely N-dealkylation sites (N-methyl/N-ethyl adjacent to an activating group) is 1. The molecule has 2 atom stereocenters. The molecule has 1 aromatic heterocycles. The van der Waals surface area contributed by atoms with Crippen LogP contribution in [-0.4, -0.2) is 95.8 Å². The van der Waals surface area contributed by atoms with Crippen LogP contribution in [0.4, 0.5) is 0 Å². The zero-order valence-electron chi connectivity index (χ0n) is 36.4. The molecule has 3 aromatic carbocycles. The third kappa shape index (κ3) is 10.9. The number of nitrogens with two attached hydrogens (primary N) is 2. The molecule has 0 saturated heterocycles. The zero-order chi connectivity index (χ0) is 43.7. The van der Waals surface area contributed by atoms with E-state index in [2.05, 4.69) is 61.0 Å². The van der Waals surface area contributed by atoms with Crippen LogP contribution in [0.1, 0.15) is 77.0 Å². The highest BCUT2D eigenvalue weighted by atomic mass is 16.5. The maximum absolute atomic E-state index is 14.1. The van der Waals surface area contributed by atoms with Gasteiger partial charge in [0.1, 0.15) is 17.8 Å². The number of cyclic esters (lactones) is 1. The van der Waals surface area contributed by atoms with Crippen molar-refractivity contribution in [3.05, 3.63) is 77.4 Å². The number of carbonyl (C=O) groups excluding carboxylic acids is 4. The van der Waals surface area contributed by atoms with E-state index in [9.17, 15) is 24.3 Å². The van der Waals surface area contributed by atoms with Crippen LogP contribution < -0.4 is 16.9 Å². The number of nitrogens with zero attached hydrogens (tertiary/aromatic N) is 3. The van der Waals surface area contributed by atoms with Gasteiger partial charge in [0.25, 0.3) is 5.91 Å². The zero-order valence-corrected chi connectivity index (χ0v) is 36.4. The van der Waals surface area contributed by atoms with Crippen LogP contribution in [-0.2, 0) is 54.5 Å². The second-order valence-electron chi connectivity index (χ2n) is 17.1. The minimum absolute atomic E-state index is 0.00102. The molecule has 0 fully saturated rings. The standard InChI is InChI=1S/C47H64N6O7/c1-8-52-40-17-16-33-27-37(40)38(44(52)36-14-10-9-13-32(36)19-22-59-7)28-47(4,5)29-60-42(56)15-11-12-21-53(49)46(58)39(25-31-23-34(33)26-35(54)24-31)50-45(57)43(30(2)3)51(6)41(55)18-20-48/h9-10,13-14,16-17,23-24,26-27,30,39,43,54H,8,11-12,15,18-22,25,28-29,48-49H2,1-7H3,(H,50,57)/t39-,43-/m0/s1. The summed E-state index contributed by atoms with van der Waals surface area (Å²) in [6.45, 7) is 11.8. The fourth-order valence-electron chi connectivity index (χ4n) is 8.37. The average Bonchev–Trinajstić information content (AvgIpc) is 3.51. The lowest BCUT2D eigenvalue weighted by Crippen LogP contribution is -2.58. The quantitative estimate of drug-likeness (QED) is 0.0832.